The molecule has 1 aliphatic heterocycles. The van der Waals surface area contributed by atoms with Crippen molar-refractivity contribution >= 4 is 5.82 Å². The molecule has 0 aliphatic carbocycles. The summed E-state index contributed by atoms with van der Waals surface area (Å²) in [5.41, 5.74) is 0.789. The third-order valence-electron chi connectivity index (χ3n) is 3.99. The molecule has 1 fully saturated rings. The molecule has 0 N–H and O–H groups in total. The van der Waals surface area contributed by atoms with Gasteiger partial charge in [-0.2, -0.15) is 0 Å². The smallest absolute Gasteiger partial charge is 0.160 e. The summed E-state index contributed by atoms with van der Waals surface area (Å²) in [5.74, 6) is 2.20. The Bertz CT molecular complexity index is 624. The maximum atomic E-state index is 5.73. The first-order valence-electron chi connectivity index (χ1n) is 7.92. The molecule has 0 aromatic carbocycles. The van der Waals surface area contributed by atoms with Crippen LogP contribution in [0.1, 0.15) is 0 Å². The first kappa shape index (κ1) is 15.9. The fraction of sp³-hybridized carbons (Fsp3) is 0.562. The molecule has 0 bridgehead atoms. The monoisotopic (exact) mass is 316 g/mol. The van der Waals surface area contributed by atoms with Crippen LogP contribution in [-0.4, -0.2) is 71.6 Å². The normalized spacial score (nSPS) is 19.1. The van der Waals surface area contributed by atoms with Gasteiger partial charge in [-0.15, -0.1) is 10.2 Å². The molecule has 1 atom stereocenters. The van der Waals surface area contributed by atoms with E-state index in [1.54, 1.807) is 6.20 Å². The highest BCUT2D eigenvalue weighted by atomic mass is 16.5. The van der Waals surface area contributed by atoms with Gasteiger partial charge in [0.15, 0.2) is 11.6 Å². The number of aromatic nitrogens is 4. The van der Waals surface area contributed by atoms with E-state index in [-0.39, 0.29) is 0 Å². The number of imidazole rings is 1. The van der Waals surface area contributed by atoms with Crippen LogP contribution in [0.4, 0.5) is 5.82 Å². The van der Waals surface area contributed by atoms with Crippen LogP contribution in [0.5, 0.6) is 0 Å². The average molecular weight is 316 g/mol. The molecule has 7 heteroatoms. The van der Waals surface area contributed by atoms with E-state index in [4.69, 9.17) is 4.74 Å². The number of rotatable bonds is 4. The summed E-state index contributed by atoms with van der Waals surface area (Å²) < 4.78 is 7.67. The van der Waals surface area contributed by atoms with Gasteiger partial charge >= 0.3 is 0 Å². The Kier molecular flexibility index (Phi) is 4.88. The van der Waals surface area contributed by atoms with E-state index in [1.807, 2.05) is 29.9 Å². The molecular weight excluding hydrogens is 292 g/mol. The van der Waals surface area contributed by atoms with Crippen LogP contribution in [0.2, 0.25) is 0 Å². The second-order valence-electron chi connectivity index (χ2n) is 6.29. The Balaban J connectivity index is 1.74. The topological polar surface area (TPSA) is 59.3 Å². The van der Waals surface area contributed by atoms with Gasteiger partial charge in [-0.1, -0.05) is 0 Å². The van der Waals surface area contributed by atoms with Gasteiger partial charge in [0, 0.05) is 45.0 Å². The summed E-state index contributed by atoms with van der Waals surface area (Å²) in [7, 11) is 6.14. The molecule has 124 valence electrons. The Labute approximate surface area is 136 Å². The van der Waals surface area contributed by atoms with Crippen LogP contribution in [0.25, 0.3) is 11.5 Å². The van der Waals surface area contributed by atoms with Gasteiger partial charge in [0.05, 0.1) is 13.2 Å². The predicted molar refractivity (Wildman–Crippen MR) is 89.3 cm³/mol. The molecular formula is C16H24N6O. The van der Waals surface area contributed by atoms with Crippen LogP contribution < -0.4 is 4.90 Å². The Morgan fingerprint density at radius 2 is 2.17 bits per heavy atom. The van der Waals surface area contributed by atoms with Crippen molar-refractivity contribution in [2.75, 3.05) is 51.8 Å². The van der Waals surface area contributed by atoms with Crippen LogP contribution in [0.15, 0.2) is 24.5 Å². The standard InChI is InChI=1S/C16H24N6O/c1-20(2)10-13-11-22(8-9-23-12-13)15-5-4-14(18-19-15)16-17-6-7-21(16)3/h4-7,13H,8-12H2,1-3H3. The van der Waals surface area contributed by atoms with Crippen molar-refractivity contribution in [2.45, 2.75) is 0 Å². The van der Waals surface area contributed by atoms with Crippen molar-refractivity contribution < 1.29 is 4.74 Å². The summed E-state index contributed by atoms with van der Waals surface area (Å²) in [6, 6.07) is 4.01. The molecule has 0 saturated carbocycles. The number of aryl methyl sites for hydroxylation is 1. The van der Waals surface area contributed by atoms with E-state index in [2.05, 4.69) is 39.1 Å². The molecule has 0 amide bonds. The van der Waals surface area contributed by atoms with Crippen molar-refractivity contribution in [3.05, 3.63) is 24.5 Å². The number of hydrogen-bond acceptors (Lipinski definition) is 6. The maximum absolute atomic E-state index is 5.73. The maximum Gasteiger partial charge on any atom is 0.160 e. The van der Waals surface area contributed by atoms with E-state index in [0.717, 1.165) is 50.2 Å². The van der Waals surface area contributed by atoms with Gasteiger partial charge in [-0.05, 0) is 26.2 Å². The summed E-state index contributed by atoms with van der Waals surface area (Å²) in [6.45, 7) is 4.32. The fourth-order valence-corrected chi connectivity index (χ4v) is 2.94. The van der Waals surface area contributed by atoms with Crippen molar-refractivity contribution in [1.29, 1.82) is 0 Å². The highest BCUT2D eigenvalue weighted by Crippen LogP contribution is 2.19. The first-order chi connectivity index (χ1) is 11.1. The van der Waals surface area contributed by atoms with Crippen molar-refractivity contribution in [3.8, 4) is 11.5 Å². The predicted octanol–water partition coefficient (Wildman–Crippen LogP) is 0.891. The zero-order valence-electron chi connectivity index (χ0n) is 14.0. The Morgan fingerprint density at radius 1 is 1.30 bits per heavy atom. The van der Waals surface area contributed by atoms with Crippen molar-refractivity contribution in [2.24, 2.45) is 13.0 Å². The first-order valence-corrected chi connectivity index (χ1v) is 7.92. The van der Waals surface area contributed by atoms with Gasteiger partial charge in [-0.3, -0.25) is 0 Å². The number of hydrogen-bond donors (Lipinski definition) is 0. The number of nitrogens with zero attached hydrogens (tertiary/aromatic N) is 6. The third kappa shape index (κ3) is 3.86. The lowest BCUT2D eigenvalue weighted by Gasteiger charge is -2.25. The molecule has 1 unspecified atom stereocenters. The van der Waals surface area contributed by atoms with Crippen LogP contribution in [0.3, 0.4) is 0 Å². The van der Waals surface area contributed by atoms with Crippen molar-refractivity contribution in [1.82, 2.24) is 24.6 Å². The lowest BCUT2D eigenvalue weighted by Crippen LogP contribution is -2.35. The van der Waals surface area contributed by atoms with Gasteiger partial charge in [0.1, 0.15) is 5.69 Å². The molecule has 1 aliphatic rings. The van der Waals surface area contributed by atoms with Gasteiger partial charge in [0.25, 0.3) is 0 Å². The van der Waals surface area contributed by atoms with Gasteiger partial charge < -0.3 is 19.1 Å². The largest absolute Gasteiger partial charge is 0.379 e. The summed E-state index contributed by atoms with van der Waals surface area (Å²) in [4.78, 5) is 8.77. The zero-order valence-corrected chi connectivity index (χ0v) is 14.0. The van der Waals surface area contributed by atoms with Crippen LogP contribution in [0, 0.1) is 5.92 Å². The van der Waals surface area contributed by atoms with E-state index >= 15 is 0 Å². The molecule has 23 heavy (non-hydrogen) atoms. The van der Waals surface area contributed by atoms with Crippen molar-refractivity contribution in [3.63, 3.8) is 0 Å². The van der Waals surface area contributed by atoms with E-state index < -0.39 is 0 Å². The molecule has 3 heterocycles. The molecule has 0 spiro atoms. The lowest BCUT2D eigenvalue weighted by atomic mass is 10.1. The van der Waals surface area contributed by atoms with E-state index in [9.17, 15) is 0 Å². The quantitative estimate of drug-likeness (QED) is 0.835. The third-order valence-corrected chi connectivity index (χ3v) is 3.99. The minimum absolute atomic E-state index is 0.475. The molecule has 3 rings (SSSR count). The van der Waals surface area contributed by atoms with Crippen LogP contribution in [-0.2, 0) is 11.8 Å². The second kappa shape index (κ2) is 7.06. The molecule has 2 aromatic heterocycles. The lowest BCUT2D eigenvalue weighted by molar-refractivity contribution is 0.113. The van der Waals surface area contributed by atoms with E-state index in [0.29, 0.717) is 5.92 Å². The fourth-order valence-electron chi connectivity index (χ4n) is 2.94. The SMILES string of the molecule is CN(C)CC1COCCN(c2ccc(-c3nccn3C)nn2)C1. The average Bonchev–Trinajstić information content (AvgIpc) is 2.82. The number of anilines is 1. The molecule has 1 saturated heterocycles. The highest BCUT2D eigenvalue weighted by Gasteiger charge is 2.20. The molecule has 0 radical (unpaired) electrons. The Hall–Kier alpha value is -1.99. The van der Waals surface area contributed by atoms with E-state index in [1.165, 1.54) is 0 Å². The van der Waals surface area contributed by atoms with Gasteiger partial charge in [-0.25, -0.2) is 4.98 Å². The minimum atomic E-state index is 0.475. The zero-order chi connectivity index (χ0) is 16.2. The Morgan fingerprint density at radius 3 is 2.83 bits per heavy atom. The minimum Gasteiger partial charge on any atom is -0.379 e. The van der Waals surface area contributed by atoms with Gasteiger partial charge in [0.2, 0.25) is 0 Å². The molecule has 2 aromatic rings. The summed E-state index contributed by atoms with van der Waals surface area (Å²) in [6.07, 6.45) is 3.67. The molecule has 7 nitrogen and oxygen atoms in total. The second-order valence-corrected chi connectivity index (χ2v) is 6.29. The summed E-state index contributed by atoms with van der Waals surface area (Å²) >= 11 is 0. The summed E-state index contributed by atoms with van der Waals surface area (Å²) in [5, 5.41) is 8.76. The van der Waals surface area contributed by atoms with Crippen LogP contribution >= 0.6 is 0 Å². The highest BCUT2D eigenvalue weighted by molar-refractivity contribution is 5.51. The number of ether oxygens (including phenoxy) is 1.